The standard InChI is InChI=1S/C16H15I2NO3/c1-9(20)10-5-11(17)7-16(13(18)6-10)22-12-3-4-15(21-2)14(19)8-12/h3-8,16H,19H2,1-2H3. The fourth-order valence-corrected chi connectivity index (χ4v) is 3.22. The molecule has 2 N–H and O–H groups in total. The highest BCUT2D eigenvalue weighted by molar-refractivity contribution is 14.1. The highest BCUT2D eigenvalue weighted by Crippen LogP contribution is 2.31. The van der Waals surface area contributed by atoms with Crippen molar-refractivity contribution in [1.82, 2.24) is 0 Å². The minimum atomic E-state index is -0.256. The summed E-state index contributed by atoms with van der Waals surface area (Å²) in [6.07, 6.45) is 5.42. The van der Waals surface area contributed by atoms with Gasteiger partial charge in [0.15, 0.2) is 5.78 Å². The van der Waals surface area contributed by atoms with Crippen LogP contribution in [0, 0.1) is 0 Å². The van der Waals surface area contributed by atoms with Crippen molar-refractivity contribution in [2.45, 2.75) is 13.0 Å². The Bertz CT molecular complexity index is 693. The Morgan fingerprint density at radius 2 is 2.00 bits per heavy atom. The number of Topliss-reactive ketones (excluding diaryl/α,β-unsaturated/α-hetero) is 1. The second-order valence-corrected chi connectivity index (χ2v) is 7.17. The molecule has 0 saturated heterocycles. The molecule has 0 aromatic heterocycles. The largest absolute Gasteiger partial charge is 0.495 e. The Labute approximate surface area is 156 Å². The third-order valence-corrected chi connectivity index (χ3v) is 4.64. The fourth-order valence-electron chi connectivity index (χ4n) is 1.92. The maximum atomic E-state index is 11.6. The summed E-state index contributed by atoms with van der Waals surface area (Å²) in [5.74, 6) is 1.30. The molecule has 0 radical (unpaired) electrons. The number of benzene rings is 1. The minimum absolute atomic E-state index is 0.0334. The molecule has 1 aromatic carbocycles. The maximum Gasteiger partial charge on any atom is 0.159 e. The quantitative estimate of drug-likeness (QED) is 0.476. The molecule has 22 heavy (non-hydrogen) atoms. The fraction of sp³-hybridized carbons (Fsp3) is 0.188. The van der Waals surface area contributed by atoms with Crippen LogP contribution in [-0.4, -0.2) is 19.0 Å². The molecule has 0 amide bonds. The minimum Gasteiger partial charge on any atom is -0.495 e. The number of carbonyl (C=O) groups is 1. The Morgan fingerprint density at radius 1 is 1.27 bits per heavy atom. The van der Waals surface area contributed by atoms with Crippen molar-refractivity contribution in [3.05, 3.63) is 49.2 Å². The molecular formula is C16H15I2NO3. The molecule has 6 heteroatoms. The Hall–Kier alpha value is -1.03. The molecule has 1 aliphatic rings. The summed E-state index contributed by atoms with van der Waals surface area (Å²) in [6.45, 7) is 1.56. The Morgan fingerprint density at radius 3 is 2.59 bits per heavy atom. The first-order valence-corrected chi connectivity index (χ1v) is 8.63. The average molecular weight is 523 g/mol. The molecule has 0 heterocycles. The summed E-state index contributed by atoms with van der Waals surface area (Å²) >= 11 is 4.38. The van der Waals surface area contributed by atoms with Gasteiger partial charge in [-0.3, -0.25) is 4.79 Å². The first-order valence-electron chi connectivity index (χ1n) is 6.48. The van der Waals surface area contributed by atoms with Crippen molar-refractivity contribution in [1.29, 1.82) is 0 Å². The zero-order valence-electron chi connectivity index (χ0n) is 12.1. The molecule has 0 spiro atoms. The van der Waals surface area contributed by atoms with Crippen molar-refractivity contribution in [2.75, 3.05) is 12.8 Å². The third kappa shape index (κ3) is 4.25. The van der Waals surface area contributed by atoms with E-state index in [1.165, 1.54) is 0 Å². The summed E-state index contributed by atoms with van der Waals surface area (Å²) in [4.78, 5) is 11.6. The molecule has 4 nitrogen and oxygen atoms in total. The van der Waals surface area contributed by atoms with Crippen LogP contribution < -0.4 is 15.2 Å². The van der Waals surface area contributed by atoms with Gasteiger partial charge in [0.1, 0.15) is 17.6 Å². The number of rotatable bonds is 4. The molecule has 0 saturated carbocycles. The Kier molecular flexibility index (Phi) is 5.90. The lowest BCUT2D eigenvalue weighted by atomic mass is 10.1. The highest BCUT2D eigenvalue weighted by Gasteiger charge is 2.17. The number of allylic oxidation sites excluding steroid dienone is 4. The number of hydrogen-bond acceptors (Lipinski definition) is 4. The lowest BCUT2D eigenvalue weighted by Crippen LogP contribution is -2.14. The SMILES string of the molecule is COc1ccc(OC2C=C(I)C=C(C(C)=O)C=C2I)cc1N. The van der Waals surface area contributed by atoms with Gasteiger partial charge in [0.05, 0.1) is 12.8 Å². The molecule has 0 aliphatic heterocycles. The van der Waals surface area contributed by atoms with Crippen LogP contribution in [0.2, 0.25) is 0 Å². The smallest absolute Gasteiger partial charge is 0.159 e. The zero-order chi connectivity index (χ0) is 16.3. The molecule has 1 aromatic rings. The topological polar surface area (TPSA) is 61.5 Å². The summed E-state index contributed by atoms with van der Waals surface area (Å²) in [5.41, 5.74) is 7.09. The summed E-state index contributed by atoms with van der Waals surface area (Å²) in [5, 5.41) is 0. The number of nitrogens with two attached hydrogens (primary N) is 1. The molecule has 116 valence electrons. The lowest BCUT2D eigenvalue weighted by Gasteiger charge is -2.16. The maximum absolute atomic E-state index is 11.6. The number of carbonyl (C=O) groups excluding carboxylic acids is 1. The zero-order valence-corrected chi connectivity index (χ0v) is 16.4. The number of anilines is 1. The van der Waals surface area contributed by atoms with E-state index < -0.39 is 0 Å². The summed E-state index contributed by atoms with van der Waals surface area (Å²) < 4.78 is 13.0. The number of ether oxygens (including phenoxy) is 2. The van der Waals surface area contributed by atoms with E-state index in [1.54, 1.807) is 26.2 Å². The van der Waals surface area contributed by atoms with Crippen molar-refractivity contribution < 1.29 is 14.3 Å². The lowest BCUT2D eigenvalue weighted by molar-refractivity contribution is -0.113. The van der Waals surface area contributed by atoms with E-state index in [9.17, 15) is 4.79 Å². The number of hydrogen-bond donors (Lipinski definition) is 1. The van der Waals surface area contributed by atoms with E-state index in [4.69, 9.17) is 15.2 Å². The van der Waals surface area contributed by atoms with Gasteiger partial charge in [-0.2, -0.15) is 0 Å². The van der Waals surface area contributed by atoms with E-state index in [0.29, 0.717) is 22.8 Å². The molecule has 2 rings (SSSR count). The molecule has 1 aliphatic carbocycles. The van der Waals surface area contributed by atoms with E-state index in [0.717, 1.165) is 7.16 Å². The van der Waals surface area contributed by atoms with Crippen LogP contribution in [0.4, 0.5) is 5.69 Å². The van der Waals surface area contributed by atoms with E-state index in [-0.39, 0.29) is 11.9 Å². The predicted octanol–water partition coefficient (Wildman–Crippen LogP) is 4.19. The molecule has 1 atom stereocenters. The average Bonchev–Trinajstić information content (AvgIpc) is 2.59. The first kappa shape index (κ1) is 17.3. The molecular weight excluding hydrogens is 508 g/mol. The normalized spacial score (nSPS) is 17.8. The number of ketones is 1. The van der Waals surface area contributed by atoms with Crippen LogP contribution in [0.15, 0.2) is 49.2 Å². The van der Waals surface area contributed by atoms with Gasteiger partial charge < -0.3 is 15.2 Å². The second kappa shape index (κ2) is 7.49. The van der Waals surface area contributed by atoms with Crippen LogP contribution in [0.25, 0.3) is 0 Å². The van der Waals surface area contributed by atoms with Crippen molar-refractivity contribution >= 4 is 56.7 Å². The van der Waals surface area contributed by atoms with E-state index >= 15 is 0 Å². The summed E-state index contributed by atoms with van der Waals surface area (Å²) in [7, 11) is 1.57. The third-order valence-electron chi connectivity index (χ3n) is 3.04. The predicted molar refractivity (Wildman–Crippen MR) is 105 cm³/mol. The van der Waals surface area contributed by atoms with Gasteiger partial charge >= 0.3 is 0 Å². The first-order chi connectivity index (χ1) is 10.4. The van der Waals surface area contributed by atoms with Crippen LogP contribution in [0.5, 0.6) is 11.5 Å². The van der Waals surface area contributed by atoms with Gasteiger partial charge in [-0.1, -0.05) is 0 Å². The number of methoxy groups -OCH3 is 1. The van der Waals surface area contributed by atoms with Gasteiger partial charge in [0.2, 0.25) is 0 Å². The van der Waals surface area contributed by atoms with E-state index in [1.807, 2.05) is 24.3 Å². The molecule has 0 fully saturated rings. The van der Waals surface area contributed by atoms with Gasteiger partial charge in [-0.15, -0.1) is 0 Å². The number of nitrogen functional groups attached to an aromatic ring is 1. The van der Waals surface area contributed by atoms with Crippen LogP contribution in [0.1, 0.15) is 6.92 Å². The molecule has 1 unspecified atom stereocenters. The van der Waals surface area contributed by atoms with Crippen molar-refractivity contribution in [3.63, 3.8) is 0 Å². The van der Waals surface area contributed by atoms with Crippen LogP contribution >= 0.6 is 45.2 Å². The second-order valence-electron chi connectivity index (χ2n) is 4.68. The van der Waals surface area contributed by atoms with Crippen LogP contribution in [0.3, 0.4) is 0 Å². The van der Waals surface area contributed by atoms with Gasteiger partial charge in [-0.25, -0.2) is 0 Å². The number of halogens is 2. The van der Waals surface area contributed by atoms with Crippen LogP contribution in [-0.2, 0) is 4.79 Å². The van der Waals surface area contributed by atoms with Gasteiger partial charge in [0, 0.05) is 18.8 Å². The van der Waals surface area contributed by atoms with Crippen molar-refractivity contribution in [2.24, 2.45) is 0 Å². The van der Waals surface area contributed by atoms with E-state index in [2.05, 4.69) is 45.2 Å². The van der Waals surface area contributed by atoms with Gasteiger partial charge in [0.25, 0.3) is 0 Å². The summed E-state index contributed by atoms with van der Waals surface area (Å²) in [6, 6.07) is 5.31. The van der Waals surface area contributed by atoms with Crippen molar-refractivity contribution in [3.8, 4) is 11.5 Å². The highest BCUT2D eigenvalue weighted by atomic mass is 127. The Balaban J connectivity index is 2.27. The molecule has 0 bridgehead atoms. The van der Waals surface area contributed by atoms with Gasteiger partial charge in [-0.05, 0) is 82.5 Å². The monoisotopic (exact) mass is 523 g/mol.